The Kier molecular flexibility index (Phi) is 7.37. The second kappa shape index (κ2) is 9.53. The van der Waals surface area contributed by atoms with Crippen molar-refractivity contribution in [3.63, 3.8) is 0 Å². The van der Waals surface area contributed by atoms with Gasteiger partial charge in [0.25, 0.3) is 0 Å². The monoisotopic (exact) mass is 471 g/mol. The molecule has 2 nitrogen and oxygen atoms in total. The molecule has 0 aliphatic carbocycles. The highest BCUT2D eigenvalue weighted by Gasteiger charge is 2.26. The Balaban J connectivity index is 1.78. The molecule has 1 aromatic heterocycles. The molecular weight excluding hydrogens is 437 g/mol. The van der Waals surface area contributed by atoms with Crippen molar-refractivity contribution in [1.29, 1.82) is 0 Å². The predicted molar refractivity (Wildman–Crippen MR) is 138 cm³/mol. The van der Waals surface area contributed by atoms with E-state index >= 15 is 0 Å². The van der Waals surface area contributed by atoms with Crippen LogP contribution in [-0.4, -0.2) is 9.67 Å². The van der Waals surface area contributed by atoms with Crippen molar-refractivity contribution in [2.75, 3.05) is 0 Å². The molecule has 0 unspecified atom stereocenters. The molecule has 0 fully saturated rings. The smallest absolute Gasteiger partial charge is 0.123 e. The van der Waals surface area contributed by atoms with Crippen LogP contribution in [-0.2, 0) is 30.2 Å². The lowest BCUT2D eigenvalue weighted by molar-refractivity contribution is 0.422. The number of hydrogen-bond acceptors (Lipinski definition) is 1. The van der Waals surface area contributed by atoms with Gasteiger partial charge in [-0.15, -0.1) is 0 Å². The average molecular weight is 473 g/mol. The molecular formula is C28H35Cl2NO. The first-order chi connectivity index (χ1) is 14.9. The van der Waals surface area contributed by atoms with Gasteiger partial charge in [-0.05, 0) is 64.0 Å². The summed E-state index contributed by atoms with van der Waals surface area (Å²) in [5, 5.41) is 12.3. The molecule has 2 aromatic carbocycles. The van der Waals surface area contributed by atoms with Gasteiger partial charge >= 0.3 is 0 Å². The molecule has 0 aliphatic heterocycles. The van der Waals surface area contributed by atoms with Gasteiger partial charge < -0.3 is 9.67 Å². The quantitative estimate of drug-likeness (QED) is 0.383. The molecule has 1 N–H and O–H groups in total. The van der Waals surface area contributed by atoms with E-state index in [9.17, 15) is 5.11 Å². The highest BCUT2D eigenvalue weighted by molar-refractivity contribution is 6.34. The van der Waals surface area contributed by atoms with Crippen LogP contribution in [0.1, 0.15) is 75.8 Å². The van der Waals surface area contributed by atoms with Crippen molar-refractivity contribution in [2.24, 2.45) is 0 Å². The number of phenols is 1. The fraction of sp³-hybridized carbons (Fsp3) is 0.429. The van der Waals surface area contributed by atoms with Gasteiger partial charge in [-0.25, -0.2) is 0 Å². The molecule has 0 bridgehead atoms. The summed E-state index contributed by atoms with van der Waals surface area (Å²) in [6, 6.07) is 16.5. The zero-order chi connectivity index (χ0) is 23.7. The topological polar surface area (TPSA) is 25.2 Å². The Morgan fingerprint density at radius 2 is 1.34 bits per heavy atom. The van der Waals surface area contributed by atoms with Crippen molar-refractivity contribution >= 4 is 23.2 Å². The van der Waals surface area contributed by atoms with Gasteiger partial charge in [0, 0.05) is 6.54 Å². The minimum absolute atomic E-state index is 0.119. The zero-order valence-electron chi connectivity index (χ0n) is 20.1. The summed E-state index contributed by atoms with van der Waals surface area (Å²) in [4.78, 5) is 0. The maximum absolute atomic E-state index is 10.9. The molecule has 32 heavy (non-hydrogen) atoms. The predicted octanol–water partition coefficient (Wildman–Crippen LogP) is 8.32. The first-order valence-electron chi connectivity index (χ1n) is 11.3. The third-order valence-corrected chi connectivity index (χ3v) is 6.69. The number of aromatic hydroxyl groups is 1. The molecule has 0 radical (unpaired) electrons. The fourth-order valence-corrected chi connectivity index (χ4v) is 4.72. The average Bonchev–Trinajstić information content (AvgIpc) is 2.95. The van der Waals surface area contributed by atoms with E-state index in [0.717, 1.165) is 41.1 Å². The summed E-state index contributed by atoms with van der Waals surface area (Å²) in [5.74, 6) is 0.432. The minimum atomic E-state index is -0.119. The summed E-state index contributed by atoms with van der Waals surface area (Å²) < 4.78 is 1.96. The van der Waals surface area contributed by atoms with Crippen LogP contribution in [0.4, 0.5) is 0 Å². The molecule has 0 atom stereocenters. The Labute approximate surface area is 203 Å². The number of nitrogens with zero attached hydrogens (tertiary/aromatic N) is 1. The maximum atomic E-state index is 10.9. The Morgan fingerprint density at radius 1 is 0.781 bits per heavy atom. The van der Waals surface area contributed by atoms with E-state index in [2.05, 4.69) is 65.8 Å². The van der Waals surface area contributed by atoms with Gasteiger partial charge in [-0.3, -0.25) is 0 Å². The largest absolute Gasteiger partial charge is 0.507 e. The highest BCUT2D eigenvalue weighted by Crippen LogP contribution is 2.40. The van der Waals surface area contributed by atoms with E-state index in [-0.39, 0.29) is 10.8 Å². The number of hydrogen-bond donors (Lipinski definition) is 1. The molecule has 1 heterocycles. The summed E-state index contributed by atoms with van der Waals surface area (Å²) in [6.07, 6.45) is 2.74. The normalized spacial score (nSPS) is 12.4. The third kappa shape index (κ3) is 5.71. The number of aryl methyl sites for hydroxylation is 2. The summed E-state index contributed by atoms with van der Waals surface area (Å²) in [5.41, 5.74) is 5.29. The van der Waals surface area contributed by atoms with Gasteiger partial charge in [0.1, 0.15) is 16.1 Å². The minimum Gasteiger partial charge on any atom is -0.507 e. The van der Waals surface area contributed by atoms with Gasteiger partial charge in [0.05, 0.1) is 0 Å². The third-order valence-electron chi connectivity index (χ3n) is 5.93. The number of rotatable bonds is 6. The molecule has 4 heteroatoms. The Hall–Kier alpha value is -1.90. The first-order valence-corrected chi connectivity index (χ1v) is 12.1. The van der Waals surface area contributed by atoms with E-state index in [1.807, 2.05) is 28.8 Å². The van der Waals surface area contributed by atoms with Crippen molar-refractivity contribution in [3.8, 4) is 5.75 Å². The number of benzene rings is 2. The van der Waals surface area contributed by atoms with Crippen molar-refractivity contribution in [3.05, 3.63) is 86.7 Å². The highest BCUT2D eigenvalue weighted by atomic mass is 35.5. The van der Waals surface area contributed by atoms with Crippen LogP contribution in [0.15, 0.2) is 48.5 Å². The van der Waals surface area contributed by atoms with Crippen molar-refractivity contribution < 1.29 is 5.11 Å². The van der Waals surface area contributed by atoms with Crippen LogP contribution in [0.5, 0.6) is 5.75 Å². The van der Waals surface area contributed by atoms with Gasteiger partial charge in [0.2, 0.25) is 0 Å². The molecule has 0 saturated carbocycles. The second-order valence-corrected chi connectivity index (χ2v) is 11.5. The maximum Gasteiger partial charge on any atom is 0.123 e. The SMILES string of the molecule is CC(C)(C)c1cc(CCCc2cc(Cl)n(Cc3ccccc3)c2Cl)cc(C(C)(C)C)c1O. The molecule has 0 spiro atoms. The summed E-state index contributed by atoms with van der Waals surface area (Å²) in [7, 11) is 0. The van der Waals surface area contributed by atoms with Gasteiger partial charge in [-0.2, -0.15) is 0 Å². The Bertz CT molecular complexity index is 1030. The number of halogens is 2. The second-order valence-electron chi connectivity index (χ2n) is 10.7. The lowest BCUT2D eigenvalue weighted by atomic mass is 9.78. The van der Waals surface area contributed by atoms with E-state index in [1.54, 1.807) is 0 Å². The summed E-state index contributed by atoms with van der Waals surface area (Å²) in [6.45, 7) is 13.6. The standard InChI is InChI=1S/C28H35Cl2NO/c1-27(2,3)22-15-20(16-23(25(22)32)28(4,5)6)13-10-14-21-17-24(29)31(26(21)30)18-19-11-8-7-9-12-19/h7-9,11-12,15-17,32H,10,13-14,18H2,1-6H3. The Morgan fingerprint density at radius 3 is 1.88 bits per heavy atom. The van der Waals surface area contributed by atoms with E-state index in [0.29, 0.717) is 17.4 Å². The molecule has 3 aromatic rings. The van der Waals surface area contributed by atoms with Crippen molar-refractivity contribution in [1.82, 2.24) is 4.57 Å². The van der Waals surface area contributed by atoms with E-state index < -0.39 is 0 Å². The zero-order valence-corrected chi connectivity index (χ0v) is 21.6. The number of aromatic nitrogens is 1. The lowest BCUT2D eigenvalue weighted by Gasteiger charge is -2.28. The molecule has 0 saturated heterocycles. The van der Waals surface area contributed by atoms with Crippen LogP contribution in [0, 0.1) is 0 Å². The van der Waals surface area contributed by atoms with E-state index in [1.165, 1.54) is 11.1 Å². The molecule has 172 valence electrons. The first kappa shape index (κ1) is 24.7. The molecule has 0 aliphatic rings. The molecule has 0 amide bonds. The van der Waals surface area contributed by atoms with Gasteiger partial charge in [0.15, 0.2) is 0 Å². The van der Waals surface area contributed by atoms with Crippen LogP contribution >= 0.6 is 23.2 Å². The van der Waals surface area contributed by atoms with Gasteiger partial charge in [-0.1, -0.05) is 107 Å². The fourth-order valence-electron chi connectivity index (χ4n) is 4.10. The van der Waals surface area contributed by atoms with E-state index in [4.69, 9.17) is 23.2 Å². The molecule has 3 rings (SSSR count). The van der Waals surface area contributed by atoms with Crippen LogP contribution in [0.3, 0.4) is 0 Å². The number of phenolic OH excluding ortho intramolecular Hbond substituents is 1. The van der Waals surface area contributed by atoms with Crippen LogP contribution < -0.4 is 0 Å². The summed E-state index contributed by atoms with van der Waals surface area (Å²) >= 11 is 13.2. The van der Waals surface area contributed by atoms with Crippen LogP contribution in [0.25, 0.3) is 0 Å². The van der Waals surface area contributed by atoms with Crippen LogP contribution in [0.2, 0.25) is 10.3 Å². The van der Waals surface area contributed by atoms with Crippen molar-refractivity contribution in [2.45, 2.75) is 78.2 Å². The lowest BCUT2D eigenvalue weighted by Crippen LogP contribution is -2.18.